The number of carbonyl (C=O) groups excluding carboxylic acids is 2. The third-order valence-electron chi connectivity index (χ3n) is 6.87. The van der Waals surface area contributed by atoms with E-state index < -0.39 is 6.04 Å². The summed E-state index contributed by atoms with van der Waals surface area (Å²) in [5.74, 6) is -0.0945. The van der Waals surface area contributed by atoms with Crippen molar-refractivity contribution in [2.24, 2.45) is 5.92 Å². The summed E-state index contributed by atoms with van der Waals surface area (Å²) < 4.78 is 13.2. The first-order valence-electron chi connectivity index (χ1n) is 12.3. The minimum atomic E-state index is -0.675. The van der Waals surface area contributed by atoms with Crippen LogP contribution in [0.1, 0.15) is 38.2 Å². The molecule has 35 heavy (non-hydrogen) atoms. The Kier molecular flexibility index (Phi) is 8.13. The molecule has 2 fully saturated rings. The number of nitrogens with zero attached hydrogens (tertiary/aromatic N) is 3. The second-order valence-electron chi connectivity index (χ2n) is 9.64. The quantitative estimate of drug-likeness (QED) is 0.542. The SMILES string of the molecule is Cc1ccc(N2C(=O)[C@H](CC(=O)Nc3ccc(F)cc3)N(CCCN3CCC(C)CC3)C2=S)cc1. The van der Waals surface area contributed by atoms with Crippen molar-refractivity contribution in [2.45, 2.75) is 45.6 Å². The number of rotatable bonds is 8. The average Bonchev–Trinajstić information content (AvgIpc) is 3.06. The summed E-state index contributed by atoms with van der Waals surface area (Å²) in [5, 5.41) is 3.21. The highest BCUT2D eigenvalue weighted by atomic mass is 32.1. The molecule has 6 nitrogen and oxygen atoms in total. The Labute approximate surface area is 212 Å². The van der Waals surface area contributed by atoms with E-state index in [2.05, 4.69) is 17.1 Å². The van der Waals surface area contributed by atoms with Crippen LogP contribution >= 0.6 is 12.2 Å². The van der Waals surface area contributed by atoms with Crippen LogP contribution in [0.5, 0.6) is 0 Å². The van der Waals surface area contributed by atoms with Gasteiger partial charge in [0.2, 0.25) is 5.91 Å². The standard InChI is InChI=1S/C27H33FN4O2S/c1-19-4-10-23(11-5-19)32-26(34)24(18-25(33)29-22-8-6-21(28)7-9-22)31(27(32)35)15-3-14-30-16-12-20(2)13-17-30/h4-11,20,24H,3,12-18H2,1-2H3,(H,29,33)/t24-/m0/s1. The van der Waals surface area contributed by atoms with Gasteiger partial charge in [0.25, 0.3) is 5.91 Å². The molecule has 0 spiro atoms. The summed E-state index contributed by atoms with van der Waals surface area (Å²) in [7, 11) is 0. The second-order valence-corrected chi connectivity index (χ2v) is 10.0. The highest BCUT2D eigenvalue weighted by Crippen LogP contribution is 2.28. The molecule has 2 heterocycles. The smallest absolute Gasteiger partial charge is 0.256 e. The van der Waals surface area contributed by atoms with E-state index in [-0.39, 0.29) is 24.1 Å². The number of amides is 2. The number of anilines is 2. The maximum absolute atomic E-state index is 13.5. The van der Waals surface area contributed by atoms with Gasteiger partial charge in [0, 0.05) is 12.2 Å². The number of halogens is 1. The number of carbonyl (C=O) groups is 2. The third kappa shape index (κ3) is 6.24. The molecule has 0 radical (unpaired) electrons. The van der Waals surface area contributed by atoms with Crippen LogP contribution in [0.2, 0.25) is 0 Å². The van der Waals surface area contributed by atoms with E-state index in [0.717, 1.165) is 37.5 Å². The average molecular weight is 497 g/mol. The van der Waals surface area contributed by atoms with Crippen LogP contribution in [0.25, 0.3) is 0 Å². The Morgan fingerprint density at radius 3 is 2.37 bits per heavy atom. The zero-order valence-electron chi connectivity index (χ0n) is 20.4. The van der Waals surface area contributed by atoms with Crippen LogP contribution in [-0.2, 0) is 9.59 Å². The third-order valence-corrected chi connectivity index (χ3v) is 7.28. The fourth-order valence-electron chi connectivity index (χ4n) is 4.69. The van der Waals surface area contributed by atoms with Crippen molar-refractivity contribution < 1.29 is 14.0 Å². The molecular weight excluding hydrogens is 463 g/mol. The van der Waals surface area contributed by atoms with Crippen molar-refractivity contribution in [2.75, 3.05) is 36.4 Å². The normalized spacial score (nSPS) is 19.5. The van der Waals surface area contributed by atoms with Crippen LogP contribution < -0.4 is 10.2 Å². The van der Waals surface area contributed by atoms with Crippen LogP contribution in [0, 0.1) is 18.7 Å². The number of benzene rings is 2. The lowest BCUT2D eigenvalue weighted by Crippen LogP contribution is -2.40. The lowest BCUT2D eigenvalue weighted by atomic mass is 9.99. The molecule has 0 unspecified atom stereocenters. The summed E-state index contributed by atoms with van der Waals surface area (Å²) in [4.78, 5) is 32.3. The molecule has 4 rings (SSSR count). The number of aryl methyl sites for hydroxylation is 1. The summed E-state index contributed by atoms with van der Waals surface area (Å²) in [6.45, 7) is 8.04. The van der Waals surface area contributed by atoms with Crippen LogP contribution in [0.3, 0.4) is 0 Å². The molecule has 2 amide bonds. The summed E-state index contributed by atoms with van der Waals surface area (Å²) >= 11 is 5.76. The largest absolute Gasteiger partial charge is 0.336 e. The zero-order chi connectivity index (χ0) is 24.9. The van der Waals surface area contributed by atoms with E-state index in [1.165, 1.54) is 37.1 Å². The van der Waals surface area contributed by atoms with E-state index in [9.17, 15) is 14.0 Å². The van der Waals surface area contributed by atoms with Crippen LogP contribution in [-0.4, -0.2) is 58.9 Å². The Bertz CT molecular complexity index is 1050. The minimum Gasteiger partial charge on any atom is -0.336 e. The van der Waals surface area contributed by atoms with E-state index in [0.29, 0.717) is 23.0 Å². The monoisotopic (exact) mass is 496 g/mol. The molecule has 1 N–H and O–H groups in total. The predicted octanol–water partition coefficient (Wildman–Crippen LogP) is 4.59. The lowest BCUT2D eigenvalue weighted by molar-refractivity contribution is -0.124. The molecule has 2 aliphatic heterocycles. The summed E-state index contributed by atoms with van der Waals surface area (Å²) in [6, 6.07) is 12.6. The topological polar surface area (TPSA) is 55.9 Å². The fraction of sp³-hybridized carbons (Fsp3) is 0.444. The van der Waals surface area contributed by atoms with Gasteiger partial charge in [-0.05, 0) is 100 Å². The Morgan fingerprint density at radius 2 is 1.71 bits per heavy atom. The van der Waals surface area contributed by atoms with Gasteiger partial charge in [0.1, 0.15) is 11.9 Å². The Balaban J connectivity index is 1.46. The minimum absolute atomic E-state index is 0.0278. The van der Waals surface area contributed by atoms with E-state index in [1.54, 1.807) is 4.90 Å². The molecule has 2 saturated heterocycles. The van der Waals surface area contributed by atoms with Gasteiger partial charge >= 0.3 is 0 Å². The van der Waals surface area contributed by atoms with E-state index in [1.807, 2.05) is 36.1 Å². The highest BCUT2D eigenvalue weighted by Gasteiger charge is 2.43. The maximum Gasteiger partial charge on any atom is 0.256 e. The fourth-order valence-corrected chi connectivity index (χ4v) is 5.10. The number of piperidine rings is 1. The highest BCUT2D eigenvalue weighted by molar-refractivity contribution is 7.80. The zero-order valence-corrected chi connectivity index (χ0v) is 21.2. The number of hydrogen-bond acceptors (Lipinski definition) is 4. The van der Waals surface area contributed by atoms with Gasteiger partial charge in [0.15, 0.2) is 5.11 Å². The van der Waals surface area contributed by atoms with E-state index >= 15 is 0 Å². The molecule has 0 aromatic heterocycles. The van der Waals surface area contributed by atoms with Crippen molar-refractivity contribution >= 4 is 40.5 Å². The molecule has 0 bridgehead atoms. The molecule has 0 aliphatic carbocycles. The Hall–Kier alpha value is -2.84. The predicted molar refractivity (Wildman–Crippen MR) is 141 cm³/mol. The van der Waals surface area contributed by atoms with Gasteiger partial charge in [0.05, 0.1) is 12.1 Å². The first-order chi connectivity index (χ1) is 16.8. The molecule has 1 atom stereocenters. The van der Waals surface area contributed by atoms with Crippen molar-refractivity contribution in [3.8, 4) is 0 Å². The van der Waals surface area contributed by atoms with Crippen LogP contribution in [0.4, 0.5) is 15.8 Å². The molecule has 2 aliphatic rings. The second kappa shape index (κ2) is 11.3. The number of nitrogens with one attached hydrogen (secondary N) is 1. The number of likely N-dealkylation sites (tertiary alicyclic amines) is 1. The molecule has 0 saturated carbocycles. The number of hydrogen-bond donors (Lipinski definition) is 1. The molecule has 186 valence electrons. The van der Waals surface area contributed by atoms with Gasteiger partial charge in [-0.2, -0.15) is 0 Å². The van der Waals surface area contributed by atoms with Gasteiger partial charge in [-0.3, -0.25) is 14.5 Å². The van der Waals surface area contributed by atoms with Gasteiger partial charge in [-0.1, -0.05) is 24.6 Å². The maximum atomic E-state index is 13.5. The van der Waals surface area contributed by atoms with Crippen molar-refractivity contribution in [1.29, 1.82) is 0 Å². The molecule has 2 aromatic carbocycles. The van der Waals surface area contributed by atoms with Gasteiger partial charge in [-0.25, -0.2) is 4.39 Å². The summed E-state index contributed by atoms with van der Waals surface area (Å²) in [5.41, 5.74) is 2.29. The molecule has 2 aromatic rings. The van der Waals surface area contributed by atoms with Gasteiger partial charge < -0.3 is 15.1 Å². The molecular formula is C27H33FN4O2S. The Morgan fingerprint density at radius 1 is 1.06 bits per heavy atom. The summed E-state index contributed by atoms with van der Waals surface area (Å²) in [6.07, 6.45) is 3.27. The number of thiocarbonyl (C=S) groups is 1. The van der Waals surface area contributed by atoms with Crippen molar-refractivity contribution in [3.05, 3.63) is 59.9 Å². The van der Waals surface area contributed by atoms with Crippen molar-refractivity contribution in [3.63, 3.8) is 0 Å². The first kappa shape index (κ1) is 25.3. The van der Waals surface area contributed by atoms with E-state index in [4.69, 9.17) is 12.2 Å². The molecule has 8 heteroatoms. The van der Waals surface area contributed by atoms with Crippen LogP contribution in [0.15, 0.2) is 48.5 Å². The lowest BCUT2D eigenvalue weighted by Gasteiger charge is -2.31. The first-order valence-corrected chi connectivity index (χ1v) is 12.7. The van der Waals surface area contributed by atoms with Gasteiger partial charge in [-0.15, -0.1) is 0 Å². The van der Waals surface area contributed by atoms with Crippen molar-refractivity contribution in [1.82, 2.24) is 9.80 Å².